The predicted octanol–water partition coefficient (Wildman–Crippen LogP) is 2.88. The lowest BCUT2D eigenvalue weighted by Gasteiger charge is -2.28. The van der Waals surface area contributed by atoms with Crippen LogP contribution in [0.15, 0.2) is 36.5 Å². The number of halogens is 1. The van der Waals surface area contributed by atoms with Crippen molar-refractivity contribution >= 4 is 39.3 Å². The molecule has 0 unspecified atom stereocenters. The fourth-order valence-corrected chi connectivity index (χ4v) is 4.65. The van der Waals surface area contributed by atoms with Crippen molar-refractivity contribution in [3.8, 4) is 5.69 Å². The molecule has 2 bridgehead atoms. The number of pyridine rings is 1. The van der Waals surface area contributed by atoms with Crippen LogP contribution in [0.5, 0.6) is 0 Å². The second kappa shape index (κ2) is 5.42. The monoisotopic (exact) mass is 431 g/mol. The Morgan fingerprint density at radius 1 is 1.25 bits per heavy atom. The van der Waals surface area contributed by atoms with Crippen LogP contribution in [0.4, 0.5) is 5.82 Å². The molecule has 2 fully saturated rings. The summed E-state index contributed by atoms with van der Waals surface area (Å²) in [5, 5.41) is 9.46. The number of anilines is 1. The zero-order chi connectivity index (χ0) is 16.3. The van der Waals surface area contributed by atoms with Gasteiger partial charge >= 0.3 is 0 Å². The maximum Gasteiger partial charge on any atom is 0.131 e. The van der Waals surface area contributed by atoms with Gasteiger partial charge in [0.05, 0.1) is 17.4 Å². The Balaban J connectivity index is 1.54. The fourth-order valence-electron chi connectivity index (χ4n) is 4.00. The van der Waals surface area contributed by atoms with E-state index in [2.05, 4.69) is 70.1 Å². The van der Waals surface area contributed by atoms with Crippen LogP contribution in [0.3, 0.4) is 0 Å². The number of nitrogens with zero attached hydrogens (tertiary/aromatic N) is 4. The van der Waals surface area contributed by atoms with Crippen molar-refractivity contribution < 1.29 is 0 Å². The number of fused-ring (bicyclic) bond motifs is 3. The highest BCUT2D eigenvalue weighted by molar-refractivity contribution is 14.1. The molecule has 2 aliphatic heterocycles. The molecule has 24 heavy (non-hydrogen) atoms. The second-order valence-corrected chi connectivity index (χ2v) is 7.72. The maximum absolute atomic E-state index is 4.74. The Morgan fingerprint density at radius 3 is 2.88 bits per heavy atom. The number of hydrogen-bond acceptors (Lipinski definition) is 4. The van der Waals surface area contributed by atoms with E-state index in [0.717, 1.165) is 28.3 Å². The van der Waals surface area contributed by atoms with Crippen LogP contribution in [0.2, 0.25) is 0 Å². The molecule has 2 aromatic heterocycles. The average Bonchev–Trinajstić information content (AvgIpc) is 3.30. The van der Waals surface area contributed by atoms with Crippen LogP contribution in [0.1, 0.15) is 12.0 Å². The summed E-state index contributed by atoms with van der Waals surface area (Å²) in [5.41, 5.74) is 3.42. The topological polar surface area (TPSA) is 46.0 Å². The van der Waals surface area contributed by atoms with Crippen LogP contribution in [0, 0.1) is 10.6 Å². The fraction of sp³-hybridized carbons (Fsp3) is 0.333. The third-order valence-corrected chi connectivity index (χ3v) is 5.98. The molecular weight excluding hydrogens is 413 g/mol. The van der Waals surface area contributed by atoms with E-state index < -0.39 is 0 Å². The standard InChI is InChI=1S/C18H18IN5/c1-11-3-2-4-15-17(11)24(22-18(15)19)13-5-6-16(21-8-13)23-10-12-7-14(23)9-20-12/h2-6,8,12,14,20H,7,9-10H2,1H3/t12-,14-/m0/s1. The van der Waals surface area contributed by atoms with E-state index in [1.807, 2.05) is 10.9 Å². The number of aromatic nitrogens is 3. The molecule has 1 N–H and O–H groups in total. The summed E-state index contributed by atoms with van der Waals surface area (Å²) >= 11 is 2.30. The molecule has 0 aliphatic carbocycles. The van der Waals surface area contributed by atoms with Crippen LogP contribution < -0.4 is 10.2 Å². The number of nitrogens with one attached hydrogen (secondary N) is 1. The number of aryl methyl sites for hydroxylation is 1. The molecule has 0 saturated carbocycles. The third kappa shape index (κ3) is 2.16. The number of rotatable bonds is 2. The second-order valence-electron chi connectivity index (χ2n) is 6.70. The van der Waals surface area contributed by atoms with Crippen molar-refractivity contribution in [1.82, 2.24) is 20.1 Å². The lowest BCUT2D eigenvalue weighted by molar-refractivity contribution is 0.576. The van der Waals surface area contributed by atoms with Gasteiger partial charge in [0.2, 0.25) is 0 Å². The van der Waals surface area contributed by atoms with Crippen molar-refractivity contribution in [2.24, 2.45) is 0 Å². The minimum absolute atomic E-state index is 0.599. The summed E-state index contributed by atoms with van der Waals surface area (Å²) < 4.78 is 3.04. The quantitative estimate of drug-likeness (QED) is 0.635. The Labute approximate surface area is 154 Å². The molecule has 1 aromatic carbocycles. The first-order chi connectivity index (χ1) is 11.7. The number of para-hydroxylation sites is 1. The van der Waals surface area contributed by atoms with Gasteiger partial charge in [-0.2, -0.15) is 5.10 Å². The molecule has 4 heterocycles. The van der Waals surface area contributed by atoms with E-state index in [1.165, 1.54) is 22.9 Å². The number of benzene rings is 1. The summed E-state index contributed by atoms with van der Waals surface area (Å²) in [7, 11) is 0. The number of hydrogen-bond donors (Lipinski definition) is 1. The molecule has 2 aliphatic rings. The summed E-state index contributed by atoms with van der Waals surface area (Å²) in [6.45, 7) is 4.28. The zero-order valence-corrected chi connectivity index (χ0v) is 15.6. The summed E-state index contributed by atoms with van der Waals surface area (Å²) in [6, 6.07) is 11.8. The van der Waals surface area contributed by atoms with Gasteiger partial charge in [-0.25, -0.2) is 9.67 Å². The van der Waals surface area contributed by atoms with Crippen molar-refractivity contribution in [3.63, 3.8) is 0 Å². The van der Waals surface area contributed by atoms with E-state index in [0.29, 0.717) is 12.1 Å². The lowest BCUT2D eigenvalue weighted by Crippen LogP contribution is -2.43. The Hall–Kier alpha value is -1.67. The molecule has 3 aromatic rings. The SMILES string of the molecule is Cc1cccc2c(I)nn(-c3ccc(N4C[C@@H]5C[C@H]4CN5)nc3)c12. The molecule has 2 saturated heterocycles. The van der Waals surface area contributed by atoms with Crippen molar-refractivity contribution in [2.75, 3.05) is 18.0 Å². The van der Waals surface area contributed by atoms with E-state index in [9.17, 15) is 0 Å². The molecule has 5 nitrogen and oxygen atoms in total. The van der Waals surface area contributed by atoms with E-state index in [4.69, 9.17) is 10.1 Å². The molecule has 2 atom stereocenters. The first kappa shape index (κ1) is 14.7. The Kier molecular flexibility index (Phi) is 3.31. The molecule has 0 spiro atoms. The zero-order valence-electron chi connectivity index (χ0n) is 13.4. The van der Waals surface area contributed by atoms with Crippen LogP contribution in [-0.4, -0.2) is 39.9 Å². The maximum atomic E-state index is 4.74. The van der Waals surface area contributed by atoms with Crippen molar-refractivity contribution in [3.05, 3.63) is 45.8 Å². The molecular formula is C18H18IN5. The minimum atomic E-state index is 0.599. The van der Waals surface area contributed by atoms with Crippen molar-refractivity contribution in [2.45, 2.75) is 25.4 Å². The normalized spacial score (nSPS) is 22.7. The van der Waals surface area contributed by atoms with E-state index in [-0.39, 0.29) is 0 Å². The highest BCUT2D eigenvalue weighted by atomic mass is 127. The number of piperazine rings is 1. The minimum Gasteiger partial charge on any atom is -0.351 e. The summed E-state index contributed by atoms with van der Waals surface area (Å²) in [5.74, 6) is 1.08. The van der Waals surface area contributed by atoms with Gasteiger partial charge in [0, 0.05) is 30.6 Å². The van der Waals surface area contributed by atoms with Gasteiger partial charge in [-0.05, 0) is 53.6 Å². The van der Waals surface area contributed by atoms with Gasteiger partial charge in [-0.3, -0.25) is 0 Å². The van der Waals surface area contributed by atoms with Gasteiger partial charge in [0.1, 0.15) is 9.52 Å². The first-order valence-electron chi connectivity index (χ1n) is 8.31. The Bertz CT molecular complexity index is 917. The molecule has 122 valence electrons. The van der Waals surface area contributed by atoms with Gasteiger partial charge in [0.25, 0.3) is 0 Å². The van der Waals surface area contributed by atoms with Crippen molar-refractivity contribution in [1.29, 1.82) is 0 Å². The van der Waals surface area contributed by atoms with Crippen LogP contribution in [0.25, 0.3) is 16.6 Å². The third-order valence-electron chi connectivity index (χ3n) is 5.19. The van der Waals surface area contributed by atoms with Gasteiger partial charge in [0.15, 0.2) is 0 Å². The molecule has 0 amide bonds. The largest absolute Gasteiger partial charge is 0.351 e. The molecule has 6 heteroatoms. The summed E-state index contributed by atoms with van der Waals surface area (Å²) in [4.78, 5) is 7.17. The van der Waals surface area contributed by atoms with Gasteiger partial charge in [-0.1, -0.05) is 18.2 Å². The average molecular weight is 431 g/mol. The van der Waals surface area contributed by atoms with Gasteiger partial charge in [-0.15, -0.1) is 0 Å². The first-order valence-corrected chi connectivity index (χ1v) is 9.39. The van der Waals surface area contributed by atoms with Gasteiger partial charge < -0.3 is 10.2 Å². The molecule has 5 rings (SSSR count). The van der Waals surface area contributed by atoms with E-state index >= 15 is 0 Å². The highest BCUT2D eigenvalue weighted by Crippen LogP contribution is 2.29. The van der Waals surface area contributed by atoms with E-state index in [1.54, 1.807) is 0 Å². The Morgan fingerprint density at radius 2 is 2.17 bits per heavy atom. The highest BCUT2D eigenvalue weighted by Gasteiger charge is 2.38. The summed E-state index contributed by atoms with van der Waals surface area (Å²) in [6.07, 6.45) is 3.19. The molecule has 0 radical (unpaired) electrons. The predicted molar refractivity (Wildman–Crippen MR) is 104 cm³/mol. The smallest absolute Gasteiger partial charge is 0.131 e. The lowest BCUT2D eigenvalue weighted by atomic mass is 10.2. The van der Waals surface area contributed by atoms with Crippen LogP contribution >= 0.6 is 22.6 Å². The van der Waals surface area contributed by atoms with Crippen LogP contribution in [-0.2, 0) is 0 Å².